The maximum Gasteiger partial charge on any atom is 0.381 e. The Bertz CT molecular complexity index is 1720. The van der Waals surface area contributed by atoms with Crippen LogP contribution in [-0.2, 0) is 39.2 Å². The molecule has 9 nitrogen and oxygen atoms in total. The van der Waals surface area contributed by atoms with Gasteiger partial charge in [-0.15, -0.1) is 0 Å². The summed E-state index contributed by atoms with van der Waals surface area (Å²) in [5.74, 6) is 4.54. The summed E-state index contributed by atoms with van der Waals surface area (Å²) in [4.78, 5) is 10.9. The first-order valence-electron chi connectivity index (χ1n) is 22.0. The van der Waals surface area contributed by atoms with Gasteiger partial charge in [0.15, 0.2) is 16.6 Å². The van der Waals surface area contributed by atoms with E-state index in [2.05, 4.69) is 123 Å². The molecule has 0 radical (unpaired) electrons. The maximum absolute atomic E-state index is 10.9. The lowest BCUT2D eigenvalue weighted by Gasteiger charge is -2.40. The Labute approximate surface area is 371 Å². The number of carbonyl (C=O) groups is 1. The molecule has 2 aliphatic rings. The summed E-state index contributed by atoms with van der Waals surface area (Å²) in [6.45, 7) is 30.5. The van der Waals surface area contributed by atoms with Gasteiger partial charge in [-0.25, -0.2) is 4.79 Å². The van der Waals surface area contributed by atoms with Crippen LogP contribution in [0.5, 0.6) is 5.75 Å². The molecule has 1 aromatic carbocycles. The monoisotopic (exact) mass is 879 g/mol. The second-order valence-corrected chi connectivity index (χ2v) is 29.1. The van der Waals surface area contributed by atoms with Gasteiger partial charge >= 0.3 is 5.97 Å². The third kappa shape index (κ3) is 17.9. The summed E-state index contributed by atoms with van der Waals surface area (Å²) in [6.07, 6.45) is 18.5. The number of ether oxygens (including phenoxy) is 5. The summed E-state index contributed by atoms with van der Waals surface area (Å²) in [6, 6.07) is 8.03. The van der Waals surface area contributed by atoms with E-state index in [-0.39, 0.29) is 52.8 Å². The Morgan fingerprint density at radius 2 is 1.67 bits per heavy atom. The van der Waals surface area contributed by atoms with Gasteiger partial charge in [0.25, 0.3) is 0 Å². The largest absolute Gasteiger partial charge is 0.497 e. The summed E-state index contributed by atoms with van der Waals surface area (Å²) >= 11 is 0. The number of hydrogen-bond acceptors (Lipinski definition) is 8. The van der Waals surface area contributed by atoms with Gasteiger partial charge in [-0.3, -0.25) is 0 Å². The van der Waals surface area contributed by atoms with Gasteiger partial charge in [-0.2, -0.15) is 0 Å². The van der Waals surface area contributed by atoms with Crippen molar-refractivity contribution < 1.29 is 42.4 Å². The van der Waals surface area contributed by atoms with E-state index in [0.29, 0.717) is 32.5 Å². The predicted octanol–water partition coefficient (Wildman–Crippen LogP) is 11.5. The van der Waals surface area contributed by atoms with Crippen molar-refractivity contribution in [2.75, 3.05) is 20.8 Å². The van der Waals surface area contributed by atoms with Crippen molar-refractivity contribution in [3.05, 3.63) is 90.1 Å². The van der Waals surface area contributed by atoms with Gasteiger partial charge in [-0.1, -0.05) is 120 Å². The number of methoxy groups -OCH3 is 2. The SMILES string of the molecule is C=C(CCC[C@H]1OC(CC#CC(=O)O)C=C[C@@H]1OC)CC(C=CC[C@H](OCc1ccc(OC)cc1)[C@H](C=C[C@@H]1CC(C)=CCO1)O[Si](C)(C)C(C)(C)C)O[Si](C)(C)C(C)(C)C. The zero-order chi connectivity index (χ0) is 45.4. The molecule has 3 rings (SSSR count). The molecule has 340 valence electrons. The average molecular weight is 879 g/mol. The minimum atomic E-state index is -2.24. The summed E-state index contributed by atoms with van der Waals surface area (Å²) in [5.41, 5.74) is 3.51. The predicted molar refractivity (Wildman–Crippen MR) is 253 cm³/mol. The molecular formula is C50H78O9Si2. The number of carboxylic acid groups (broad SMARTS) is 1. The minimum Gasteiger partial charge on any atom is -0.497 e. The van der Waals surface area contributed by atoms with Crippen LogP contribution in [0.4, 0.5) is 0 Å². The standard InChI is InChI=1S/C50H78O9Si2/c1-37(18-15-22-46-44(54-10)30-28-41(57-46)19-17-23-48(51)52)35-43(58-60(11,12)49(3,4)5)20-16-21-45(56-36-39-24-26-40(53-9)27-25-39)47(59-61(13,14)50(6,7)8)31-29-42-34-38(2)32-33-55-42/h16,20,24-32,41-47H,1,15,18-19,21-22,33-36H2,2-14H3,(H,51,52)/t41?,42-,43?,44+,45+,46-,47+/m1/s1. The number of benzene rings is 1. The molecule has 2 unspecified atom stereocenters. The fraction of sp³-hybridized carbons (Fsp3) is 0.620. The number of rotatable bonds is 22. The van der Waals surface area contributed by atoms with Crippen molar-refractivity contribution in [1.29, 1.82) is 0 Å². The molecular weight excluding hydrogens is 801 g/mol. The van der Waals surface area contributed by atoms with E-state index in [1.54, 1.807) is 14.2 Å². The number of aliphatic carboxylic acids is 1. The van der Waals surface area contributed by atoms with Gasteiger partial charge < -0.3 is 37.6 Å². The highest BCUT2D eigenvalue weighted by Gasteiger charge is 2.41. The average Bonchev–Trinajstić information content (AvgIpc) is 3.17. The topological polar surface area (TPSA) is 102 Å². The van der Waals surface area contributed by atoms with Crippen molar-refractivity contribution in [2.24, 2.45) is 0 Å². The lowest BCUT2D eigenvalue weighted by Crippen LogP contribution is -2.47. The summed E-state index contributed by atoms with van der Waals surface area (Å²) < 4.78 is 44.7. The summed E-state index contributed by atoms with van der Waals surface area (Å²) in [7, 11) is -1.04. The Morgan fingerprint density at radius 3 is 2.28 bits per heavy atom. The van der Waals surface area contributed by atoms with E-state index < -0.39 is 22.6 Å². The van der Waals surface area contributed by atoms with Gasteiger partial charge in [0.05, 0.1) is 56.9 Å². The highest BCUT2D eigenvalue weighted by Crippen LogP contribution is 2.40. The van der Waals surface area contributed by atoms with Gasteiger partial charge in [0.2, 0.25) is 0 Å². The van der Waals surface area contributed by atoms with Crippen LogP contribution in [0.25, 0.3) is 0 Å². The molecule has 61 heavy (non-hydrogen) atoms. The first kappa shape index (κ1) is 52.3. The molecule has 1 N–H and O–H groups in total. The molecule has 0 amide bonds. The van der Waals surface area contributed by atoms with E-state index in [9.17, 15) is 4.79 Å². The van der Waals surface area contributed by atoms with Crippen molar-refractivity contribution >= 4 is 22.6 Å². The van der Waals surface area contributed by atoms with Crippen molar-refractivity contribution in [3.8, 4) is 17.6 Å². The fourth-order valence-electron chi connectivity index (χ4n) is 6.63. The van der Waals surface area contributed by atoms with E-state index in [0.717, 1.165) is 42.6 Å². The van der Waals surface area contributed by atoms with Crippen LogP contribution in [0.3, 0.4) is 0 Å². The molecule has 2 heterocycles. The Balaban J connectivity index is 1.86. The maximum atomic E-state index is 10.9. The zero-order valence-electron chi connectivity index (χ0n) is 39.7. The lowest BCUT2D eigenvalue weighted by atomic mass is 9.98. The second kappa shape index (κ2) is 24.1. The Kier molecular flexibility index (Phi) is 20.7. The number of hydrogen-bond donors (Lipinski definition) is 1. The zero-order valence-corrected chi connectivity index (χ0v) is 41.7. The molecule has 11 heteroatoms. The molecule has 0 fully saturated rings. The van der Waals surface area contributed by atoms with E-state index >= 15 is 0 Å². The summed E-state index contributed by atoms with van der Waals surface area (Å²) in [5, 5.41) is 8.94. The van der Waals surface area contributed by atoms with Crippen LogP contribution in [0.15, 0.2) is 84.5 Å². The first-order valence-corrected chi connectivity index (χ1v) is 27.8. The van der Waals surface area contributed by atoms with Crippen LogP contribution in [-0.4, -0.2) is 91.3 Å². The Hall–Kier alpha value is -3.06. The van der Waals surface area contributed by atoms with Gasteiger partial charge in [-0.05, 0) is 99.4 Å². The third-order valence-corrected chi connectivity index (χ3v) is 21.5. The van der Waals surface area contributed by atoms with Crippen molar-refractivity contribution in [1.82, 2.24) is 0 Å². The highest BCUT2D eigenvalue weighted by molar-refractivity contribution is 6.74. The van der Waals surface area contributed by atoms with Crippen LogP contribution >= 0.6 is 0 Å². The van der Waals surface area contributed by atoms with E-state index in [4.69, 9.17) is 37.6 Å². The van der Waals surface area contributed by atoms with E-state index in [1.165, 1.54) is 5.57 Å². The molecule has 0 spiro atoms. The van der Waals surface area contributed by atoms with E-state index in [1.807, 2.05) is 36.4 Å². The lowest BCUT2D eigenvalue weighted by molar-refractivity contribution is -0.130. The van der Waals surface area contributed by atoms with Crippen LogP contribution in [0, 0.1) is 11.8 Å². The van der Waals surface area contributed by atoms with Crippen molar-refractivity contribution in [2.45, 2.75) is 179 Å². The van der Waals surface area contributed by atoms with Crippen molar-refractivity contribution in [3.63, 3.8) is 0 Å². The molecule has 2 aliphatic heterocycles. The number of carboxylic acids is 1. The van der Waals surface area contributed by atoms with Crippen LogP contribution in [0.2, 0.25) is 36.3 Å². The normalized spacial score (nSPS) is 21.8. The Morgan fingerprint density at radius 1 is 1.00 bits per heavy atom. The minimum absolute atomic E-state index is 0.00121. The molecule has 0 saturated carbocycles. The smallest absolute Gasteiger partial charge is 0.381 e. The van der Waals surface area contributed by atoms with Gasteiger partial charge in [0.1, 0.15) is 11.9 Å². The molecule has 0 bridgehead atoms. The molecule has 0 aliphatic carbocycles. The molecule has 7 atom stereocenters. The third-order valence-electron chi connectivity index (χ3n) is 12.5. The van der Waals surface area contributed by atoms with Crippen LogP contribution < -0.4 is 4.74 Å². The molecule has 1 aromatic rings. The molecule has 0 aromatic heterocycles. The van der Waals surface area contributed by atoms with Gasteiger partial charge in [0, 0.05) is 19.5 Å². The van der Waals surface area contributed by atoms with Crippen LogP contribution in [0.1, 0.15) is 99.0 Å². The quantitative estimate of drug-likeness (QED) is 0.0693. The highest BCUT2D eigenvalue weighted by atomic mass is 28.4. The second-order valence-electron chi connectivity index (χ2n) is 19.6. The first-order chi connectivity index (χ1) is 28.5. The fourth-order valence-corrected chi connectivity index (χ4v) is 9.16. The molecule has 0 saturated heterocycles.